The first-order valence-electron chi connectivity index (χ1n) is 10.1. The van der Waals surface area contributed by atoms with Gasteiger partial charge in [-0.25, -0.2) is 0 Å². The van der Waals surface area contributed by atoms with Crippen molar-refractivity contribution in [2.45, 2.75) is 20.0 Å². The van der Waals surface area contributed by atoms with Crippen LogP contribution in [0.3, 0.4) is 0 Å². The van der Waals surface area contributed by atoms with E-state index in [2.05, 4.69) is 6.07 Å². The maximum atomic E-state index is 13.0. The van der Waals surface area contributed by atoms with E-state index in [1.165, 1.54) is 0 Å². The molecule has 2 aliphatic heterocycles. The number of benzene rings is 2. The lowest BCUT2D eigenvalue weighted by atomic mass is 10.1. The Morgan fingerprint density at radius 2 is 1.77 bits per heavy atom. The molecule has 2 amide bonds. The second kappa shape index (κ2) is 8.75. The molecule has 7 nitrogen and oxygen atoms in total. The van der Waals surface area contributed by atoms with Crippen molar-refractivity contribution in [3.05, 3.63) is 53.6 Å². The van der Waals surface area contributed by atoms with Crippen LogP contribution < -0.4 is 14.4 Å². The molecule has 1 fully saturated rings. The van der Waals surface area contributed by atoms with Crippen LogP contribution in [-0.2, 0) is 14.3 Å². The van der Waals surface area contributed by atoms with Gasteiger partial charge in [0.1, 0.15) is 11.5 Å². The normalized spacial score (nSPS) is 18.4. The summed E-state index contributed by atoms with van der Waals surface area (Å²) in [6.07, 6.45) is -0.747. The first-order chi connectivity index (χ1) is 14.5. The highest BCUT2D eigenvalue weighted by molar-refractivity contribution is 5.98. The summed E-state index contributed by atoms with van der Waals surface area (Å²) in [4.78, 5) is 29.3. The summed E-state index contributed by atoms with van der Waals surface area (Å²) in [6, 6.07) is 13.1. The van der Waals surface area contributed by atoms with Gasteiger partial charge in [0.05, 0.1) is 25.4 Å². The van der Waals surface area contributed by atoms with Gasteiger partial charge in [-0.05, 0) is 49.2 Å². The molecule has 0 N–H and O–H groups in total. The van der Waals surface area contributed by atoms with E-state index in [1.807, 2.05) is 44.2 Å². The summed E-state index contributed by atoms with van der Waals surface area (Å²) in [6.45, 7) is 6.11. The molecule has 0 aromatic heterocycles. The van der Waals surface area contributed by atoms with Crippen LogP contribution in [0.25, 0.3) is 0 Å². The lowest BCUT2D eigenvalue weighted by Crippen LogP contribution is -2.54. The van der Waals surface area contributed by atoms with Gasteiger partial charge < -0.3 is 24.0 Å². The number of fused-ring (bicyclic) bond motifs is 1. The molecule has 1 unspecified atom stereocenters. The quantitative estimate of drug-likeness (QED) is 0.774. The Morgan fingerprint density at radius 1 is 1.07 bits per heavy atom. The highest BCUT2D eigenvalue weighted by Gasteiger charge is 2.36. The van der Waals surface area contributed by atoms with Gasteiger partial charge in [-0.1, -0.05) is 18.2 Å². The molecule has 2 aliphatic rings. The average Bonchev–Trinajstić information content (AvgIpc) is 2.76. The number of ether oxygens (including phenoxy) is 3. The van der Waals surface area contributed by atoms with E-state index in [9.17, 15) is 9.59 Å². The molecule has 0 bridgehead atoms. The van der Waals surface area contributed by atoms with Crippen LogP contribution in [0.1, 0.15) is 11.1 Å². The number of carbonyl (C=O) groups excluding carboxylic acids is 2. The topological polar surface area (TPSA) is 68.3 Å². The smallest absolute Gasteiger partial charge is 0.265 e. The lowest BCUT2D eigenvalue weighted by Gasteiger charge is -2.37. The molecule has 4 rings (SSSR count). The van der Waals surface area contributed by atoms with Crippen LogP contribution in [0.15, 0.2) is 42.5 Å². The number of morpholine rings is 1. The molecule has 0 saturated carbocycles. The Kier molecular flexibility index (Phi) is 5.90. The molecule has 2 aromatic carbocycles. The summed E-state index contributed by atoms with van der Waals surface area (Å²) >= 11 is 0. The molecular weight excluding hydrogens is 384 g/mol. The fourth-order valence-electron chi connectivity index (χ4n) is 3.83. The Bertz CT molecular complexity index is 919. The number of anilines is 1. The Hall–Kier alpha value is -3.06. The molecule has 7 heteroatoms. The molecule has 0 aliphatic carbocycles. The number of nitrogens with zero attached hydrogens (tertiary/aromatic N) is 2. The molecule has 2 heterocycles. The minimum Gasteiger partial charge on any atom is -0.484 e. The maximum Gasteiger partial charge on any atom is 0.265 e. The third-order valence-electron chi connectivity index (χ3n) is 5.23. The van der Waals surface area contributed by atoms with Crippen molar-refractivity contribution in [2.75, 3.05) is 44.4 Å². The van der Waals surface area contributed by atoms with E-state index in [-0.39, 0.29) is 25.0 Å². The largest absolute Gasteiger partial charge is 0.484 e. The van der Waals surface area contributed by atoms with Gasteiger partial charge in [-0.2, -0.15) is 0 Å². The van der Waals surface area contributed by atoms with E-state index in [0.29, 0.717) is 43.5 Å². The number of para-hydroxylation sites is 2. The highest BCUT2D eigenvalue weighted by atomic mass is 16.5. The number of amides is 2. The van der Waals surface area contributed by atoms with E-state index in [0.717, 1.165) is 11.1 Å². The second-order valence-corrected chi connectivity index (χ2v) is 7.63. The standard InChI is InChI=1S/C23H26N2O5/c1-16-11-17(2)13-18(12-16)29-15-22(26)25-14-21(23(27)24-7-9-28-10-8-24)30-20-6-4-3-5-19(20)25/h3-6,11-13,21H,7-10,14-15H2,1-2H3. The number of rotatable bonds is 4. The fraction of sp³-hybridized carbons (Fsp3) is 0.391. The van der Waals surface area contributed by atoms with Gasteiger partial charge in [-0.3, -0.25) is 9.59 Å². The van der Waals surface area contributed by atoms with Crippen molar-refractivity contribution in [3.8, 4) is 11.5 Å². The summed E-state index contributed by atoms with van der Waals surface area (Å²) in [5, 5.41) is 0. The van der Waals surface area contributed by atoms with Crippen LogP contribution in [0.5, 0.6) is 11.5 Å². The van der Waals surface area contributed by atoms with Crippen molar-refractivity contribution in [1.29, 1.82) is 0 Å². The van der Waals surface area contributed by atoms with Gasteiger partial charge >= 0.3 is 0 Å². The van der Waals surface area contributed by atoms with Gasteiger partial charge in [0, 0.05) is 13.1 Å². The number of carbonyl (C=O) groups is 2. The highest BCUT2D eigenvalue weighted by Crippen LogP contribution is 2.33. The van der Waals surface area contributed by atoms with Crippen LogP contribution in [0.4, 0.5) is 5.69 Å². The first-order valence-corrected chi connectivity index (χ1v) is 10.1. The van der Waals surface area contributed by atoms with E-state index in [1.54, 1.807) is 15.9 Å². The minimum atomic E-state index is -0.747. The van der Waals surface area contributed by atoms with Crippen molar-refractivity contribution in [1.82, 2.24) is 4.90 Å². The van der Waals surface area contributed by atoms with Crippen molar-refractivity contribution in [3.63, 3.8) is 0 Å². The molecule has 1 saturated heterocycles. The Balaban J connectivity index is 1.50. The first kappa shape index (κ1) is 20.2. The van der Waals surface area contributed by atoms with Gasteiger partial charge in [0.15, 0.2) is 12.7 Å². The number of hydrogen-bond acceptors (Lipinski definition) is 5. The molecule has 2 aromatic rings. The summed E-state index contributed by atoms with van der Waals surface area (Å²) in [5.41, 5.74) is 2.80. The average molecular weight is 410 g/mol. The van der Waals surface area contributed by atoms with Crippen LogP contribution in [0.2, 0.25) is 0 Å². The molecule has 0 spiro atoms. The van der Waals surface area contributed by atoms with Gasteiger partial charge in [-0.15, -0.1) is 0 Å². The monoisotopic (exact) mass is 410 g/mol. The maximum absolute atomic E-state index is 13.0. The predicted octanol–water partition coefficient (Wildman–Crippen LogP) is 2.34. The molecule has 0 radical (unpaired) electrons. The van der Waals surface area contributed by atoms with Crippen LogP contribution >= 0.6 is 0 Å². The third-order valence-corrected chi connectivity index (χ3v) is 5.23. The van der Waals surface area contributed by atoms with Gasteiger partial charge in [0.25, 0.3) is 11.8 Å². The number of aryl methyl sites for hydroxylation is 2. The number of hydrogen-bond donors (Lipinski definition) is 0. The molecular formula is C23H26N2O5. The zero-order valence-electron chi connectivity index (χ0n) is 17.3. The Labute approximate surface area is 176 Å². The van der Waals surface area contributed by atoms with Crippen LogP contribution in [0, 0.1) is 13.8 Å². The van der Waals surface area contributed by atoms with E-state index < -0.39 is 6.10 Å². The van der Waals surface area contributed by atoms with Crippen molar-refractivity contribution < 1.29 is 23.8 Å². The zero-order valence-corrected chi connectivity index (χ0v) is 17.3. The van der Waals surface area contributed by atoms with Crippen molar-refractivity contribution >= 4 is 17.5 Å². The Morgan fingerprint density at radius 3 is 2.50 bits per heavy atom. The molecule has 1 atom stereocenters. The third kappa shape index (κ3) is 4.41. The molecule has 30 heavy (non-hydrogen) atoms. The molecule has 158 valence electrons. The summed E-state index contributed by atoms with van der Waals surface area (Å²) in [7, 11) is 0. The minimum absolute atomic E-state index is 0.115. The summed E-state index contributed by atoms with van der Waals surface area (Å²) in [5.74, 6) is 0.837. The predicted molar refractivity (Wildman–Crippen MR) is 112 cm³/mol. The van der Waals surface area contributed by atoms with E-state index >= 15 is 0 Å². The lowest BCUT2D eigenvalue weighted by molar-refractivity contribution is -0.142. The van der Waals surface area contributed by atoms with Crippen molar-refractivity contribution in [2.24, 2.45) is 0 Å². The fourth-order valence-corrected chi connectivity index (χ4v) is 3.83. The van der Waals surface area contributed by atoms with E-state index in [4.69, 9.17) is 14.2 Å². The van der Waals surface area contributed by atoms with Crippen LogP contribution in [-0.4, -0.2) is 62.3 Å². The zero-order chi connectivity index (χ0) is 21.1. The second-order valence-electron chi connectivity index (χ2n) is 7.63. The van der Waals surface area contributed by atoms with Gasteiger partial charge in [0.2, 0.25) is 0 Å². The summed E-state index contributed by atoms with van der Waals surface area (Å²) < 4.78 is 17.0. The SMILES string of the molecule is Cc1cc(C)cc(OCC(=O)N2CC(C(=O)N3CCOCC3)Oc3ccccc32)c1.